The molecule has 354 valence electrons. The van der Waals surface area contributed by atoms with Gasteiger partial charge in [-0.15, -0.1) is 0 Å². The predicted octanol–water partition coefficient (Wildman–Crippen LogP) is 13.7. The van der Waals surface area contributed by atoms with E-state index in [1.54, 1.807) is 6.08 Å². The SMILES string of the molecule is CC/C=C\C/C=C\C/C=C\C/C=C\CCCCCCC(=O)NC(COP(=O)([O-])OCC[N+](C)(C)C)C(O)/C=C/CC/C=C/CCCCCCCCCCCCCCCCCC. The molecule has 0 bridgehead atoms. The number of hydrogen-bond donors (Lipinski definition) is 2. The molecule has 0 saturated heterocycles. The fourth-order valence-electron chi connectivity index (χ4n) is 6.75. The standard InChI is InChI=1S/C52H95N2O6P/c1-6-8-10-12-14-16-18-20-22-24-25-26-27-28-30-31-33-35-37-39-41-43-45-51(55)50(49-60-61(57,58)59-48-47-54(3,4)5)53-52(56)46-44-42-40-38-36-34-32-29-23-21-19-17-15-13-11-9-7-2/h9,11,15,17,21,23,32,34-35,37,43,45,50-51,55H,6-8,10,12-14,16,18-20,22,24-31,33,36,38-42,44,46-49H2,1-5H3,(H-,53,56,57,58)/b11-9-,17-15-,23-21-,34-32-,37-35+,45-43+. The molecule has 1 amide bonds. The highest BCUT2D eigenvalue weighted by Gasteiger charge is 2.23. The molecule has 0 aliphatic rings. The van der Waals surface area contributed by atoms with E-state index in [9.17, 15) is 19.4 Å². The topological polar surface area (TPSA) is 108 Å². The fraction of sp³-hybridized carbons (Fsp3) is 0.750. The highest BCUT2D eigenvalue weighted by molar-refractivity contribution is 7.45. The van der Waals surface area contributed by atoms with E-state index < -0.39 is 26.6 Å². The van der Waals surface area contributed by atoms with Crippen molar-refractivity contribution in [3.63, 3.8) is 0 Å². The van der Waals surface area contributed by atoms with Gasteiger partial charge in [0.25, 0.3) is 7.82 Å². The highest BCUT2D eigenvalue weighted by atomic mass is 31.2. The number of phosphoric ester groups is 1. The van der Waals surface area contributed by atoms with E-state index in [1.807, 2.05) is 27.2 Å². The molecule has 3 unspecified atom stereocenters. The number of allylic oxidation sites excluding steroid dienone is 11. The molecule has 8 nitrogen and oxygen atoms in total. The average Bonchev–Trinajstić information content (AvgIpc) is 3.21. The largest absolute Gasteiger partial charge is 0.756 e. The van der Waals surface area contributed by atoms with Gasteiger partial charge in [0, 0.05) is 6.42 Å². The summed E-state index contributed by atoms with van der Waals surface area (Å²) in [5.74, 6) is -0.233. The Morgan fingerprint density at radius 2 is 1.02 bits per heavy atom. The molecule has 9 heteroatoms. The summed E-state index contributed by atoms with van der Waals surface area (Å²) in [4.78, 5) is 25.4. The minimum Gasteiger partial charge on any atom is -0.756 e. The summed E-state index contributed by atoms with van der Waals surface area (Å²) in [5.41, 5.74) is 0. The van der Waals surface area contributed by atoms with Gasteiger partial charge >= 0.3 is 0 Å². The maximum Gasteiger partial charge on any atom is 0.268 e. The van der Waals surface area contributed by atoms with Crippen LogP contribution in [0.2, 0.25) is 0 Å². The normalized spacial score (nSPS) is 14.8. The molecule has 2 N–H and O–H groups in total. The van der Waals surface area contributed by atoms with Crippen LogP contribution in [0.4, 0.5) is 0 Å². The number of rotatable bonds is 44. The van der Waals surface area contributed by atoms with Crippen molar-refractivity contribution in [3.05, 3.63) is 72.9 Å². The number of aliphatic hydroxyl groups is 1. The van der Waals surface area contributed by atoms with Crippen LogP contribution in [-0.4, -0.2) is 68.5 Å². The summed E-state index contributed by atoms with van der Waals surface area (Å²) in [6, 6.07) is -0.920. The Morgan fingerprint density at radius 1 is 0.590 bits per heavy atom. The molecule has 0 aromatic rings. The van der Waals surface area contributed by atoms with Gasteiger partial charge in [-0.3, -0.25) is 9.36 Å². The number of likely N-dealkylation sites (N-methyl/N-ethyl adjacent to an activating group) is 1. The quantitative estimate of drug-likeness (QED) is 0.0273. The van der Waals surface area contributed by atoms with E-state index >= 15 is 0 Å². The number of amides is 1. The number of nitrogens with one attached hydrogen (secondary N) is 1. The van der Waals surface area contributed by atoms with Crippen molar-refractivity contribution >= 4 is 13.7 Å². The number of unbranched alkanes of at least 4 members (excludes halogenated alkanes) is 21. The molecule has 0 heterocycles. The van der Waals surface area contributed by atoms with Crippen molar-refractivity contribution in [2.45, 2.75) is 212 Å². The highest BCUT2D eigenvalue weighted by Crippen LogP contribution is 2.38. The molecule has 0 aromatic carbocycles. The zero-order valence-electron chi connectivity index (χ0n) is 40.1. The van der Waals surface area contributed by atoms with Crippen molar-refractivity contribution < 1.29 is 32.9 Å². The maximum atomic E-state index is 12.9. The van der Waals surface area contributed by atoms with Crippen molar-refractivity contribution in [2.75, 3.05) is 40.9 Å². The molecular weight excluding hydrogens is 780 g/mol. The van der Waals surface area contributed by atoms with Crippen LogP contribution in [0.15, 0.2) is 72.9 Å². The summed E-state index contributed by atoms with van der Waals surface area (Å²) in [7, 11) is 1.22. The van der Waals surface area contributed by atoms with E-state index in [1.165, 1.54) is 103 Å². The zero-order chi connectivity index (χ0) is 45.0. The van der Waals surface area contributed by atoms with E-state index in [-0.39, 0.29) is 12.5 Å². The van der Waals surface area contributed by atoms with Gasteiger partial charge in [-0.2, -0.15) is 0 Å². The van der Waals surface area contributed by atoms with Gasteiger partial charge in [0.2, 0.25) is 5.91 Å². The molecule has 0 saturated carbocycles. The Hall–Kier alpha value is -2.06. The van der Waals surface area contributed by atoms with Crippen LogP contribution in [0.1, 0.15) is 200 Å². The Morgan fingerprint density at radius 3 is 1.52 bits per heavy atom. The zero-order valence-corrected chi connectivity index (χ0v) is 41.0. The Labute approximate surface area is 376 Å². The summed E-state index contributed by atoms with van der Waals surface area (Å²) in [6.45, 7) is 4.49. The smallest absolute Gasteiger partial charge is 0.268 e. The first-order chi connectivity index (χ1) is 29.5. The lowest BCUT2D eigenvalue weighted by atomic mass is 10.0. The second-order valence-corrected chi connectivity index (χ2v) is 19.2. The van der Waals surface area contributed by atoms with Crippen LogP contribution >= 0.6 is 7.82 Å². The van der Waals surface area contributed by atoms with E-state index in [0.29, 0.717) is 17.4 Å². The molecule has 3 atom stereocenters. The lowest BCUT2D eigenvalue weighted by Gasteiger charge is -2.29. The number of hydrogen-bond acceptors (Lipinski definition) is 6. The van der Waals surface area contributed by atoms with E-state index in [2.05, 4.69) is 79.9 Å². The number of carbonyl (C=O) groups excluding carboxylic acids is 1. The Bertz CT molecular complexity index is 1220. The van der Waals surface area contributed by atoms with Gasteiger partial charge < -0.3 is 28.8 Å². The summed E-state index contributed by atoms with van der Waals surface area (Å²) < 4.78 is 23.2. The third-order valence-corrected chi connectivity index (χ3v) is 11.6. The average molecular weight is 875 g/mol. The Balaban J connectivity index is 4.43. The second kappa shape index (κ2) is 43.2. The number of quaternary nitrogens is 1. The Kier molecular flexibility index (Phi) is 41.7. The van der Waals surface area contributed by atoms with Gasteiger partial charge in [-0.05, 0) is 70.6 Å². The van der Waals surface area contributed by atoms with Gasteiger partial charge in [0.1, 0.15) is 13.2 Å². The van der Waals surface area contributed by atoms with Crippen molar-refractivity contribution in [1.29, 1.82) is 0 Å². The first-order valence-electron chi connectivity index (χ1n) is 24.8. The third-order valence-electron chi connectivity index (χ3n) is 10.7. The van der Waals surface area contributed by atoms with Crippen LogP contribution < -0.4 is 10.2 Å². The van der Waals surface area contributed by atoms with Gasteiger partial charge in [-0.1, -0.05) is 196 Å². The summed E-state index contributed by atoms with van der Waals surface area (Å²) in [6.07, 6.45) is 58.2. The minimum atomic E-state index is -4.61. The maximum absolute atomic E-state index is 12.9. The van der Waals surface area contributed by atoms with Crippen LogP contribution in [0.3, 0.4) is 0 Å². The summed E-state index contributed by atoms with van der Waals surface area (Å²) >= 11 is 0. The monoisotopic (exact) mass is 875 g/mol. The predicted molar refractivity (Wildman–Crippen MR) is 260 cm³/mol. The molecule has 0 fully saturated rings. The van der Waals surface area contributed by atoms with E-state index in [0.717, 1.165) is 77.0 Å². The minimum absolute atomic E-state index is 0.0148. The van der Waals surface area contributed by atoms with Crippen LogP contribution in [0.5, 0.6) is 0 Å². The van der Waals surface area contributed by atoms with E-state index in [4.69, 9.17) is 9.05 Å². The van der Waals surface area contributed by atoms with Crippen LogP contribution in [0, 0.1) is 0 Å². The molecule has 0 radical (unpaired) electrons. The van der Waals surface area contributed by atoms with Gasteiger partial charge in [0.05, 0.1) is 39.9 Å². The lowest BCUT2D eigenvalue weighted by molar-refractivity contribution is -0.870. The van der Waals surface area contributed by atoms with Crippen LogP contribution in [0.25, 0.3) is 0 Å². The number of carbonyl (C=O) groups is 1. The fourth-order valence-corrected chi connectivity index (χ4v) is 7.47. The molecule has 61 heavy (non-hydrogen) atoms. The van der Waals surface area contributed by atoms with Crippen molar-refractivity contribution in [3.8, 4) is 0 Å². The van der Waals surface area contributed by atoms with Gasteiger partial charge in [0.15, 0.2) is 0 Å². The molecule has 0 rings (SSSR count). The van der Waals surface area contributed by atoms with Crippen LogP contribution in [-0.2, 0) is 18.4 Å². The molecular formula is C52H95N2O6P. The van der Waals surface area contributed by atoms with Crippen molar-refractivity contribution in [2.24, 2.45) is 0 Å². The first kappa shape index (κ1) is 58.9. The first-order valence-corrected chi connectivity index (χ1v) is 26.3. The lowest BCUT2D eigenvalue weighted by Crippen LogP contribution is -2.45. The number of aliphatic hydroxyl groups excluding tert-OH is 1. The molecule has 0 aliphatic heterocycles. The summed E-state index contributed by atoms with van der Waals surface area (Å²) in [5, 5.41) is 13.8. The third kappa shape index (κ3) is 45.8. The molecule has 0 aliphatic carbocycles. The number of nitrogens with zero attached hydrogens (tertiary/aromatic N) is 1. The van der Waals surface area contributed by atoms with Crippen molar-refractivity contribution in [1.82, 2.24) is 5.32 Å². The number of phosphoric acid groups is 1. The van der Waals surface area contributed by atoms with Gasteiger partial charge in [-0.25, -0.2) is 0 Å². The molecule has 0 spiro atoms. The molecule has 0 aromatic heterocycles. The second-order valence-electron chi connectivity index (χ2n) is 17.8.